The lowest BCUT2D eigenvalue weighted by Crippen LogP contribution is -2.14. The minimum absolute atomic E-state index is 0.0660. The van der Waals surface area contributed by atoms with Gasteiger partial charge >= 0.3 is 5.63 Å². The fourth-order valence-corrected chi connectivity index (χ4v) is 1.30. The van der Waals surface area contributed by atoms with E-state index in [1.807, 2.05) is 5.32 Å². The Kier molecular flexibility index (Phi) is 3.37. The van der Waals surface area contributed by atoms with Crippen molar-refractivity contribution in [1.29, 1.82) is 0 Å². The maximum absolute atomic E-state index is 13.3. The Hall–Kier alpha value is -2.57. The summed E-state index contributed by atoms with van der Waals surface area (Å²) in [6.45, 7) is 0. The summed E-state index contributed by atoms with van der Waals surface area (Å²) in [5.41, 5.74) is -1.24. The van der Waals surface area contributed by atoms with Crippen molar-refractivity contribution >= 4 is 11.6 Å². The van der Waals surface area contributed by atoms with Crippen molar-refractivity contribution in [3.8, 4) is 0 Å². The van der Waals surface area contributed by atoms with Gasteiger partial charge in [0.25, 0.3) is 5.91 Å². The summed E-state index contributed by atoms with van der Waals surface area (Å²) in [6, 6.07) is 3.71. The number of amides is 1. The summed E-state index contributed by atoms with van der Waals surface area (Å²) in [7, 11) is 0. The zero-order chi connectivity index (χ0) is 14.0. The molecule has 0 aliphatic rings. The first-order valence-electron chi connectivity index (χ1n) is 5.03. The van der Waals surface area contributed by atoms with E-state index in [2.05, 4.69) is 4.42 Å². The first-order chi connectivity index (χ1) is 8.99. The molecule has 1 aromatic heterocycles. The summed E-state index contributed by atoms with van der Waals surface area (Å²) in [4.78, 5) is 22.3. The Morgan fingerprint density at radius 2 is 1.79 bits per heavy atom. The maximum atomic E-state index is 13.3. The van der Waals surface area contributed by atoms with Crippen LogP contribution in [0.3, 0.4) is 0 Å². The van der Waals surface area contributed by atoms with E-state index in [4.69, 9.17) is 0 Å². The molecule has 1 amide bonds. The third-order valence-corrected chi connectivity index (χ3v) is 2.25. The fourth-order valence-electron chi connectivity index (χ4n) is 1.30. The molecule has 0 saturated carbocycles. The van der Waals surface area contributed by atoms with Crippen molar-refractivity contribution in [2.24, 2.45) is 0 Å². The third kappa shape index (κ3) is 2.65. The molecule has 0 fully saturated rings. The molecule has 2 aromatic rings. The number of carbonyl (C=O) groups is 1. The normalized spacial score (nSPS) is 10.3. The molecule has 19 heavy (non-hydrogen) atoms. The number of rotatable bonds is 2. The number of hydrogen-bond acceptors (Lipinski definition) is 3. The predicted octanol–water partition coefficient (Wildman–Crippen LogP) is 2.31. The number of benzene rings is 1. The summed E-state index contributed by atoms with van der Waals surface area (Å²) in [6.07, 6.45) is 0.870. The van der Waals surface area contributed by atoms with E-state index in [1.54, 1.807) is 0 Å². The van der Waals surface area contributed by atoms with Gasteiger partial charge < -0.3 is 9.73 Å². The molecule has 0 saturated heterocycles. The van der Waals surface area contributed by atoms with Crippen molar-refractivity contribution in [3.05, 3.63) is 64.0 Å². The van der Waals surface area contributed by atoms with Gasteiger partial charge in [0, 0.05) is 6.07 Å². The third-order valence-electron chi connectivity index (χ3n) is 2.25. The smallest absolute Gasteiger partial charge is 0.335 e. The van der Waals surface area contributed by atoms with E-state index in [0.29, 0.717) is 6.07 Å². The number of nitrogens with one attached hydrogen (secondary N) is 1. The molecule has 0 radical (unpaired) electrons. The highest BCUT2D eigenvalue weighted by Crippen LogP contribution is 2.20. The van der Waals surface area contributed by atoms with Crippen LogP contribution < -0.4 is 10.9 Å². The molecule has 1 aromatic carbocycles. The van der Waals surface area contributed by atoms with Gasteiger partial charge in [0.2, 0.25) is 0 Å². The van der Waals surface area contributed by atoms with Crippen LogP contribution in [-0.4, -0.2) is 5.91 Å². The second-order valence-electron chi connectivity index (χ2n) is 3.52. The quantitative estimate of drug-likeness (QED) is 0.851. The van der Waals surface area contributed by atoms with Crippen molar-refractivity contribution < 1.29 is 22.4 Å². The Morgan fingerprint density at radius 3 is 2.42 bits per heavy atom. The second kappa shape index (κ2) is 4.97. The molecule has 1 N–H and O–H groups in total. The highest BCUT2D eigenvalue weighted by atomic mass is 19.2. The largest absolute Gasteiger partial charge is 0.430 e. The van der Waals surface area contributed by atoms with Gasteiger partial charge in [0.15, 0.2) is 17.5 Å². The molecular formula is C12H6F3NO3. The van der Waals surface area contributed by atoms with Crippen LogP contribution in [0.4, 0.5) is 18.9 Å². The lowest BCUT2D eigenvalue weighted by molar-refractivity contribution is 0.102. The lowest BCUT2D eigenvalue weighted by atomic mass is 10.2. The Morgan fingerprint density at radius 1 is 1.05 bits per heavy atom. The second-order valence-corrected chi connectivity index (χ2v) is 3.52. The van der Waals surface area contributed by atoms with Crippen LogP contribution in [0.1, 0.15) is 10.4 Å². The van der Waals surface area contributed by atoms with E-state index in [-0.39, 0.29) is 5.56 Å². The van der Waals surface area contributed by atoms with E-state index < -0.39 is 34.7 Å². The summed E-state index contributed by atoms with van der Waals surface area (Å²) in [5.74, 6) is -5.38. The molecule has 7 heteroatoms. The topological polar surface area (TPSA) is 59.3 Å². The van der Waals surface area contributed by atoms with E-state index in [9.17, 15) is 22.8 Å². The molecule has 0 spiro atoms. The molecule has 4 nitrogen and oxygen atoms in total. The predicted molar refractivity (Wildman–Crippen MR) is 59.2 cm³/mol. The van der Waals surface area contributed by atoms with Crippen LogP contribution in [-0.2, 0) is 0 Å². The van der Waals surface area contributed by atoms with Crippen LogP contribution >= 0.6 is 0 Å². The minimum atomic E-state index is -1.68. The van der Waals surface area contributed by atoms with Gasteiger partial charge in [-0.1, -0.05) is 0 Å². The Labute approximate surface area is 104 Å². The Balaban J connectivity index is 2.27. The van der Waals surface area contributed by atoms with Gasteiger partial charge in [-0.3, -0.25) is 4.79 Å². The van der Waals surface area contributed by atoms with Crippen LogP contribution in [0.2, 0.25) is 0 Å². The number of carbonyl (C=O) groups excluding carboxylic acids is 1. The average molecular weight is 269 g/mol. The Bertz CT molecular complexity index is 677. The van der Waals surface area contributed by atoms with Gasteiger partial charge in [-0.2, -0.15) is 0 Å². The summed E-state index contributed by atoms with van der Waals surface area (Å²) < 4.78 is 43.4. The SMILES string of the molecule is O=C(Nc1ccc(F)c(F)c1F)c1ccc(=O)oc1. The highest BCUT2D eigenvalue weighted by Gasteiger charge is 2.16. The molecule has 0 atom stereocenters. The molecule has 0 bridgehead atoms. The van der Waals surface area contributed by atoms with E-state index >= 15 is 0 Å². The standard InChI is InChI=1S/C12H6F3NO3/c13-7-2-3-8(11(15)10(7)14)16-12(18)6-1-4-9(17)19-5-6/h1-5H,(H,16,18). The van der Waals surface area contributed by atoms with Gasteiger partial charge in [0.1, 0.15) is 6.26 Å². The van der Waals surface area contributed by atoms with Crippen LogP contribution in [0.5, 0.6) is 0 Å². The van der Waals surface area contributed by atoms with Gasteiger partial charge in [-0.25, -0.2) is 18.0 Å². The van der Waals surface area contributed by atoms with Crippen molar-refractivity contribution in [1.82, 2.24) is 0 Å². The molecule has 0 aliphatic carbocycles. The van der Waals surface area contributed by atoms with Gasteiger partial charge in [-0.05, 0) is 18.2 Å². The van der Waals surface area contributed by atoms with Gasteiger partial charge in [-0.15, -0.1) is 0 Å². The zero-order valence-corrected chi connectivity index (χ0v) is 9.25. The molecule has 98 valence electrons. The number of halogens is 3. The molecule has 1 heterocycles. The van der Waals surface area contributed by atoms with Crippen molar-refractivity contribution in [3.63, 3.8) is 0 Å². The molecule has 2 rings (SSSR count). The molecule has 0 aliphatic heterocycles. The van der Waals surface area contributed by atoms with Crippen molar-refractivity contribution in [2.75, 3.05) is 5.32 Å². The fraction of sp³-hybridized carbons (Fsp3) is 0. The average Bonchev–Trinajstić information content (AvgIpc) is 2.40. The minimum Gasteiger partial charge on any atom is -0.430 e. The van der Waals surface area contributed by atoms with E-state index in [0.717, 1.165) is 24.5 Å². The lowest BCUT2D eigenvalue weighted by Gasteiger charge is -2.06. The van der Waals surface area contributed by atoms with Crippen molar-refractivity contribution in [2.45, 2.75) is 0 Å². The number of hydrogen-bond donors (Lipinski definition) is 1. The molecular weight excluding hydrogens is 263 g/mol. The van der Waals surface area contributed by atoms with Crippen LogP contribution in [0.15, 0.2) is 39.7 Å². The van der Waals surface area contributed by atoms with Crippen LogP contribution in [0, 0.1) is 17.5 Å². The number of anilines is 1. The first-order valence-corrected chi connectivity index (χ1v) is 5.03. The highest BCUT2D eigenvalue weighted by molar-refractivity contribution is 6.03. The maximum Gasteiger partial charge on any atom is 0.335 e. The zero-order valence-electron chi connectivity index (χ0n) is 9.25. The molecule has 0 unspecified atom stereocenters. The van der Waals surface area contributed by atoms with Crippen LogP contribution in [0.25, 0.3) is 0 Å². The van der Waals surface area contributed by atoms with E-state index in [1.165, 1.54) is 0 Å². The monoisotopic (exact) mass is 269 g/mol. The van der Waals surface area contributed by atoms with Gasteiger partial charge in [0.05, 0.1) is 11.3 Å². The summed E-state index contributed by atoms with van der Waals surface area (Å²) >= 11 is 0. The first kappa shape index (κ1) is 12.9. The summed E-state index contributed by atoms with van der Waals surface area (Å²) in [5, 5.41) is 2.03.